The molecule has 0 unspecified atom stereocenters. The molecule has 142 valence electrons. The minimum Gasteiger partial charge on any atom is -0.508 e. The topological polar surface area (TPSA) is 81.1 Å². The van der Waals surface area contributed by atoms with Gasteiger partial charge in [-0.1, -0.05) is 19.1 Å². The summed E-state index contributed by atoms with van der Waals surface area (Å²) in [6, 6.07) is 6.36. The number of hydrogen-bond acceptors (Lipinski definition) is 4. The lowest BCUT2D eigenvalue weighted by Crippen LogP contribution is -2.44. The summed E-state index contributed by atoms with van der Waals surface area (Å²) in [5.41, 5.74) is 0.932. The predicted octanol–water partition coefficient (Wildman–Crippen LogP) is 2.11. The van der Waals surface area contributed by atoms with Crippen molar-refractivity contribution in [3.8, 4) is 5.75 Å². The van der Waals surface area contributed by atoms with Crippen LogP contribution in [0.2, 0.25) is 0 Å². The first-order chi connectivity index (χ1) is 12.4. The number of carbonyl (C=O) groups is 2. The maximum absolute atomic E-state index is 12.6. The van der Waals surface area contributed by atoms with Crippen LogP contribution in [0.15, 0.2) is 24.3 Å². The van der Waals surface area contributed by atoms with Gasteiger partial charge in [-0.15, -0.1) is 0 Å². The van der Waals surface area contributed by atoms with E-state index in [1.54, 1.807) is 24.3 Å². The molecular weight excluding hydrogens is 332 g/mol. The molecule has 0 aromatic heterocycles. The van der Waals surface area contributed by atoms with Crippen LogP contribution in [0, 0.1) is 5.41 Å². The van der Waals surface area contributed by atoms with E-state index in [0.29, 0.717) is 25.9 Å². The molecule has 0 aliphatic carbocycles. The van der Waals surface area contributed by atoms with Gasteiger partial charge in [-0.3, -0.25) is 14.5 Å². The smallest absolute Gasteiger partial charge is 0.320 e. The quantitative estimate of drug-likeness (QED) is 0.841. The van der Waals surface area contributed by atoms with Crippen molar-refractivity contribution in [2.24, 2.45) is 5.41 Å². The van der Waals surface area contributed by atoms with Crippen LogP contribution < -0.4 is 0 Å². The van der Waals surface area contributed by atoms with E-state index in [4.69, 9.17) is 0 Å². The van der Waals surface area contributed by atoms with Crippen molar-refractivity contribution in [3.05, 3.63) is 29.8 Å². The molecule has 0 saturated carbocycles. The zero-order valence-corrected chi connectivity index (χ0v) is 15.4. The number of carboxylic acids is 1. The number of carboxylic acid groups (broad SMARTS) is 1. The van der Waals surface area contributed by atoms with E-state index in [2.05, 4.69) is 11.8 Å². The molecule has 6 nitrogen and oxygen atoms in total. The van der Waals surface area contributed by atoms with E-state index in [9.17, 15) is 19.8 Å². The second kappa shape index (κ2) is 7.66. The normalized spacial score (nSPS) is 22.7. The van der Waals surface area contributed by atoms with Gasteiger partial charge in [-0.25, -0.2) is 0 Å². The molecule has 6 heteroatoms. The van der Waals surface area contributed by atoms with Crippen molar-refractivity contribution in [1.82, 2.24) is 9.80 Å². The fraction of sp³-hybridized carbons (Fsp3) is 0.600. The Morgan fingerprint density at radius 2 is 1.85 bits per heavy atom. The van der Waals surface area contributed by atoms with Gasteiger partial charge < -0.3 is 15.1 Å². The number of benzene rings is 1. The molecule has 0 radical (unpaired) electrons. The Labute approximate surface area is 154 Å². The summed E-state index contributed by atoms with van der Waals surface area (Å²) in [4.78, 5) is 28.1. The number of phenols is 1. The SMILES string of the molecule is CCCN1CC2(CCN(C(=O)Cc3ccc(O)cc3)CC2)C[C@@H]1C(=O)O. The molecular formula is C20H28N2O4. The molecule has 2 heterocycles. The van der Waals surface area contributed by atoms with E-state index in [1.807, 2.05) is 4.90 Å². The van der Waals surface area contributed by atoms with E-state index in [1.165, 1.54) is 0 Å². The average molecular weight is 360 g/mol. The van der Waals surface area contributed by atoms with Crippen molar-refractivity contribution in [2.45, 2.75) is 45.1 Å². The average Bonchev–Trinajstić information content (AvgIpc) is 2.96. The van der Waals surface area contributed by atoms with Gasteiger partial charge >= 0.3 is 5.97 Å². The number of carbonyl (C=O) groups excluding carboxylic acids is 1. The third-order valence-corrected chi connectivity index (χ3v) is 5.87. The van der Waals surface area contributed by atoms with Gasteiger partial charge in [0.2, 0.25) is 5.91 Å². The number of aromatic hydroxyl groups is 1. The number of nitrogens with zero attached hydrogens (tertiary/aromatic N) is 2. The van der Waals surface area contributed by atoms with E-state index in [-0.39, 0.29) is 23.1 Å². The van der Waals surface area contributed by atoms with Gasteiger partial charge in [-0.2, -0.15) is 0 Å². The minimum absolute atomic E-state index is 0.0353. The summed E-state index contributed by atoms with van der Waals surface area (Å²) in [7, 11) is 0. The first-order valence-electron chi connectivity index (χ1n) is 9.45. The maximum atomic E-state index is 12.6. The van der Waals surface area contributed by atoms with Crippen molar-refractivity contribution in [1.29, 1.82) is 0 Å². The molecule has 2 saturated heterocycles. The van der Waals surface area contributed by atoms with Crippen LogP contribution in [-0.2, 0) is 16.0 Å². The van der Waals surface area contributed by atoms with Crippen LogP contribution in [0.5, 0.6) is 5.75 Å². The minimum atomic E-state index is -0.721. The van der Waals surface area contributed by atoms with Crippen molar-refractivity contribution < 1.29 is 19.8 Å². The summed E-state index contributed by atoms with van der Waals surface area (Å²) < 4.78 is 0. The predicted molar refractivity (Wildman–Crippen MR) is 98.0 cm³/mol. The fourth-order valence-corrected chi connectivity index (χ4v) is 4.40. The van der Waals surface area contributed by atoms with Crippen LogP contribution in [-0.4, -0.2) is 64.1 Å². The number of aliphatic carboxylic acids is 1. The zero-order chi connectivity index (χ0) is 18.7. The Balaban J connectivity index is 1.57. The lowest BCUT2D eigenvalue weighted by molar-refractivity contribution is -0.142. The highest BCUT2D eigenvalue weighted by atomic mass is 16.4. The standard InChI is InChI=1S/C20H28N2O4/c1-2-9-22-14-20(13-17(22)19(25)26)7-10-21(11-8-20)18(24)12-15-3-5-16(23)6-4-15/h3-6,17,23H,2,7-14H2,1H3,(H,25,26)/t17-/m1/s1. The fourth-order valence-electron chi connectivity index (χ4n) is 4.40. The summed E-state index contributed by atoms with van der Waals surface area (Å²) in [5.74, 6) is -0.420. The van der Waals surface area contributed by atoms with Crippen LogP contribution >= 0.6 is 0 Å². The first-order valence-corrected chi connectivity index (χ1v) is 9.45. The maximum Gasteiger partial charge on any atom is 0.320 e. The molecule has 0 bridgehead atoms. The molecule has 26 heavy (non-hydrogen) atoms. The molecule has 3 rings (SSSR count). The Morgan fingerprint density at radius 1 is 1.19 bits per heavy atom. The number of rotatable bonds is 5. The van der Waals surface area contributed by atoms with Gasteiger partial charge in [0.15, 0.2) is 0 Å². The van der Waals surface area contributed by atoms with Gasteiger partial charge in [0, 0.05) is 19.6 Å². The highest BCUT2D eigenvalue weighted by molar-refractivity contribution is 5.79. The lowest BCUT2D eigenvalue weighted by atomic mass is 9.76. The number of hydrogen-bond donors (Lipinski definition) is 2. The van der Waals surface area contributed by atoms with Gasteiger partial charge in [-0.05, 0) is 55.3 Å². The number of amides is 1. The Kier molecular flexibility index (Phi) is 5.51. The van der Waals surface area contributed by atoms with Gasteiger partial charge in [0.05, 0.1) is 6.42 Å². The van der Waals surface area contributed by atoms with Crippen LogP contribution in [0.3, 0.4) is 0 Å². The summed E-state index contributed by atoms with van der Waals surface area (Å²) in [6.07, 6.45) is 3.74. The van der Waals surface area contributed by atoms with E-state index < -0.39 is 5.97 Å². The van der Waals surface area contributed by atoms with E-state index >= 15 is 0 Å². The lowest BCUT2D eigenvalue weighted by Gasteiger charge is -2.39. The molecule has 1 amide bonds. The Morgan fingerprint density at radius 3 is 2.42 bits per heavy atom. The number of phenolic OH excluding ortho intramolecular Hbond substituents is 1. The second-order valence-electron chi connectivity index (χ2n) is 7.75. The first kappa shape index (κ1) is 18.7. The van der Waals surface area contributed by atoms with Crippen LogP contribution in [0.1, 0.15) is 38.2 Å². The van der Waals surface area contributed by atoms with Gasteiger partial charge in [0.25, 0.3) is 0 Å². The Hall–Kier alpha value is -2.08. The van der Waals surface area contributed by atoms with E-state index in [0.717, 1.165) is 37.9 Å². The number of piperidine rings is 1. The zero-order valence-electron chi connectivity index (χ0n) is 15.4. The molecule has 2 aliphatic heterocycles. The largest absolute Gasteiger partial charge is 0.508 e. The van der Waals surface area contributed by atoms with Crippen molar-refractivity contribution in [2.75, 3.05) is 26.2 Å². The van der Waals surface area contributed by atoms with Crippen molar-refractivity contribution in [3.63, 3.8) is 0 Å². The van der Waals surface area contributed by atoms with Crippen molar-refractivity contribution >= 4 is 11.9 Å². The summed E-state index contributed by atoms with van der Waals surface area (Å²) in [5, 5.41) is 18.9. The molecule has 2 fully saturated rings. The molecule has 1 aromatic rings. The summed E-state index contributed by atoms with van der Waals surface area (Å²) >= 11 is 0. The molecule has 1 spiro atoms. The molecule has 2 N–H and O–H groups in total. The van der Waals surface area contributed by atoms with Crippen LogP contribution in [0.25, 0.3) is 0 Å². The highest BCUT2D eigenvalue weighted by Gasteiger charge is 2.48. The third kappa shape index (κ3) is 4.01. The third-order valence-electron chi connectivity index (χ3n) is 5.87. The number of likely N-dealkylation sites (tertiary alicyclic amines) is 2. The van der Waals surface area contributed by atoms with Crippen LogP contribution in [0.4, 0.5) is 0 Å². The second-order valence-corrected chi connectivity index (χ2v) is 7.75. The monoisotopic (exact) mass is 360 g/mol. The molecule has 2 aliphatic rings. The van der Waals surface area contributed by atoms with Gasteiger partial charge in [0.1, 0.15) is 11.8 Å². The molecule has 1 atom stereocenters. The Bertz CT molecular complexity index is 650. The highest BCUT2D eigenvalue weighted by Crippen LogP contribution is 2.43. The molecule has 1 aromatic carbocycles. The summed E-state index contributed by atoms with van der Waals surface area (Å²) in [6.45, 7) is 5.13.